The van der Waals surface area contributed by atoms with Gasteiger partial charge in [-0.1, -0.05) is 42.0 Å². The molecule has 124 valence electrons. The summed E-state index contributed by atoms with van der Waals surface area (Å²) in [5.41, 5.74) is 4.12. The van der Waals surface area contributed by atoms with E-state index in [9.17, 15) is 8.42 Å². The van der Waals surface area contributed by atoms with Crippen molar-refractivity contribution in [2.24, 2.45) is 0 Å². The van der Waals surface area contributed by atoms with E-state index in [4.69, 9.17) is 0 Å². The molecule has 1 heterocycles. The Morgan fingerprint density at radius 2 is 1.88 bits per heavy atom. The SMILES string of the molecule is Cc1cccc(CS(=O)(=O)Nc2cccc(-c3csc(C)n3)c2)c1. The summed E-state index contributed by atoms with van der Waals surface area (Å²) in [6, 6.07) is 14.8. The van der Waals surface area contributed by atoms with Gasteiger partial charge < -0.3 is 0 Å². The molecule has 0 bridgehead atoms. The van der Waals surface area contributed by atoms with Crippen LogP contribution in [-0.4, -0.2) is 13.4 Å². The topological polar surface area (TPSA) is 59.1 Å². The average Bonchev–Trinajstić information content (AvgIpc) is 2.93. The molecule has 6 heteroatoms. The maximum atomic E-state index is 12.4. The van der Waals surface area contributed by atoms with Gasteiger partial charge >= 0.3 is 0 Å². The Hall–Kier alpha value is -2.18. The lowest BCUT2D eigenvalue weighted by Crippen LogP contribution is -2.15. The Morgan fingerprint density at radius 3 is 2.58 bits per heavy atom. The number of thiazole rings is 1. The maximum Gasteiger partial charge on any atom is 0.236 e. The largest absolute Gasteiger partial charge is 0.283 e. The monoisotopic (exact) mass is 358 g/mol. The fraction of sp³-hybridized carbons (Fsp3) is 0.167. The van der Waals surface area contributed by atoms with E-state index in [2.05, 4.69) is 9.71 Å². The van der Waals surface area contributed by atoms with E-state index in [1.807, 2.05) is 61.7 Å². The maximum absolute atomic E-state index is 12.4. The number of sulfonamides is 1. The quantitative estimate of drug-likeness (QED) is 0.737. The second-order valence-electron chi connectivity index (χ2n) is 5.68. The zero-order valence-corrected chi connectivity index (χ0v) is 15.1. The van der Waals surface area contributed by atoms with Crippen molar-refractivity contribution in [3.8, 4) is 11.3 Å². The predicted molar refractivity (Wildman–Crippen MR) is 99.7 cm³/mol. The molecule has 3 aromatic rings. The van der Waals surface area contributed by atoms with Gasteiger partial charge in [0, 0.05) is 16.6 Å². The third-order valence-electron chi connectivity index (χ3n) is 3.49. The van der Waals surface area contributed by atoms with Crippen molar-refractivity contribution in [1.29, 1.82) is 0 Å². The summed E-state index contributed by atoms with van der Waals surface area (Å²) in [5.74, 6) is -0.0469. The molecule has 0 unspecified atom stereocenters. The zero-order valence-electron chi connectivity index (χ0n) is 13.5. The normalized spacial score (nSPS) is 11.4. The highest BCUT2D eigenvalue weighted by Gasteiger charge is 2.13. The first-order valence-electron chi connectivity index (χ1n) is 7.50. The highest BCUT2D eigenvalue weighted by molar-refractivity contribution is 7.91. The molecule has 0 saturated heterocycles. The summed E-state index contributed by atoms with van der Waals surface area (Å²) >= 11 is 1.57. The number of nitrogens with one attached hydrogen (secondary N) is 1. The summed E-state index contributed by atoms with van der Waals surface area (Å²) < 4.78 is 27.5. The second-order valence-corrected chi connectivity index (χ2v) is 8.47. The number of aryl methyl sites for hydroxylation is 2. The molecule has 0 radical (unpaired) electrons. The molecule has 2 aromatic carbocycles. The van der Waals surface area contributed by atoms with Crippen LogP contribution in [0.5, 0.6) is 0 Å². The molecule has 0 spiro atoms. The first-order chi connectivity index (χ1) is 11.4. The van der Waals surface area contributed by atoms with Crippen molar-refractivity contribution in [3.63, 3.8) is 0 Å². The molecule has 3 rings (SSSR count). The van der Waals surface area contributed by atoms with Gasteiger partial charge in [0.1, 0.15) is 0 Å². The number of benzene rings is 2. The Morgan fingerprint density at radius 1 is 1.08 bits per heavy atom. The van der Waals surface area contributed by atoms with E-state index in [0.29, 0.717) is 5.69 Å². The molecule has 1 aromatic heterocycles. The van der Waals surface area contributed by atoms with Crippen LogP contribution in [0.3, 0.4) is 0 Å². The van der Waals surface area contributed by atoms with Crippen molar-refractivity contribution < 1.29 is 8.42 Å². The summed E-state index contributed by atoms with van der Waals surface area (Å²) in [4.78, 5) is 4.44. The Bertz CT molecular complexity index is 962. The van der Waals surface area contributed by atoms with E-state index >= 15 is 0 Å². The standard InChI is InChI=1S/C18H18N2O2S2/c1-13-5-3-6-15(9-13)12-24(21,22)20-17-8-4-7-16(10-17)18-11-23-14(2)19-18/h3-11,20H,12H2,1-2H3. The number of aromatic nitrogens is 1. The van der Waals surface area contributed by atoms with Gasteiger partial charge in [0.05, 0.1) is 16.5 Å². The highest BCUT2D eigenvalue weighted by Crippen LogP contribution is 2.25. The smallest absolute Gasteiger partial charge is 0.236 e. The minimum absolute atomic E-state index is 0.0469. The van der Waals surface area contributed by atoms with E-state index in [1.165, 1.54) is 0 Å². The summed E-state index contributed by atoms with van der Waals surface area (Å²) in [7, 11) is -3.47. The van der Waals surface area contributed by atoms with Gasteiger partial charge in [-0.05, 0) is 31.5 Å². The van der Waals surface area contributed by atoms with Crippen molar-refractivity contribution in [2.45, 2.75) is 19.6 Å². The van der Waals surface area contributed by atoms with Gasteiger partial charge in [0.15, 0.2) is 0 Å². The van der Waals surface area contributed by atoms with Gasteiger partial charge in [-0.2, -0.15) is 0 Å². The highest BCUT2D eigenvalue weighted by atomic mass is 32.2. The van der Waals surface area contributed by atoms with E-state index in [1.54, 1.807) is 17.4 Å². The van der Waals surface area contributed by atoms with Crippen LogP contribution >= 0.6 is 11.3 Å². The van der Waals surface area contributed by atoms with Crippen LogP contribution in [0.2, 0.25) is 0 Å². The van der Waals surface area contributed by atoms with Crippen LogP contribution in [0.4, 0.5) is 5.69 Å². The molecule has 0 saturated carbocycles. The average molecular weight is 358 g/mol. The lowest BCUT2D eigenvalue weighted by Gasteiger charge is -2.09. The Balaban J connectivity index is 1.80. The Kier molecular flexibility index (Phi) is 4.69. The molecule has 0 aliphatic rings. The van der Waals surface area contributed by atoms with Gasteiger partial charge in [-0.25, -0.2) is 13.4 Å². The summed E-state index contributed by atoms with van der Waals surface area (Å²) in [5, 5.41) is 2.95. The minimum atomic E-state index is -3.47. The van der Waals surface area contributed by atoms with Crippen LogP contribution in [-0.2, 0) is 15.8 Å². The fourth-order valence-electron chi connectivity index (χ4n) is 2.48. The van der Waals surface area contributed by atoms with E-state index in [-0.39, 0.29) is 5.75 Å². The van der Waals surface area contributed by atoms with Gasteiger partial charge in [0.2, 0.25) is 10.0 Å². The fourth-order valence-corrected chi connectivity index (χ4v) is 4.27. The van der Waals surface area contributed by atoms with Crippen molar-refractivity contribution in [2.75, 3.05) is 4.72 Å². The molecule has 0 amide bonds. The molecule has 0 aliphatic heterocycles. The van der Waals surface area contributed by atoms with E-state index in [0.717, 1.165) is 27.4 Å². The van der Waals surface area contributed by atoms with Crippen molar-refractivity contribution in [1.82, 2.24) is 4.98 Å². The van der Waals surface area contributed by atoms with Gasteiger partial charge in [-0.15, -0.1) is 11.3 Å². The van der Waals surface area contributed by atoms with Crippen LogP contribution in [0.25, 0.3) is 11.3 Å². The number of nitrogens with zero attached hydrogens (tertiary/aromatic N) is 1. The van der Waals surface area contributed by atoms with Gasteiger partial charge in [0.25, 0.3) is 0 Å². The first kappa shape index (κ1) is 16.7. The van der Waals surface area contributed by atoms with Crippen molar-refractivity contribution in [3.05, 3.63) is 70.0 Å². The van der Waals surface area contributed by atoms with Crippen LogP contribution in [0, 0.1) is 13.8 Å². The van der Waals surface area contributed by atoms with Gasteiger partial charge in [-0.3, -0.25) is 4.72 Å². The number of hydrogen-bond donors (Lipinski definition) is 1. The Labute approximate surface area is 146 Å². The minimum Gasteiger partial charge on any atom is -0.283 e. The lowest BCUT2D eigenvalue weighted by atomic mass is 10.1. The number of hydrogen-bond acceptors (Lipinski definition) is 4. The summed E-state index contributed by atoms with van der Waals surface area (Å²) in [6.07, 6.45) is 0. The molecule has 1 N–H and O–H groups in total. The third kappa shape index (κ3) is 4.21. The summed E-state index contributed by atoms with van der Waals surface area (Å²) in [6.45, 7) is 3.89. The van der Waals surface area contributed by atoms with E-state index < -0.39 is 10.0 Å². The molecule has 0 atom stereocenters. The molecule has 0 aliphatic carbocycles. The number of anilines is 1. The molecular weight excluding hydrogens is 340 g/mol. The van der Waals surface area contributed by atoms with Crippen molar-refractivity contribution >= 4 is 27.0 Å². The first-order valence-corrected chi connectivity index (χ1v) is 10.0. The van der Waals surface area contributed by atoms with Crippen LogP contribution < -0.4 is 4.72 Å². The molecule has 4 nitrogen and oxygen atoms in total. The number of rotatable bonds is 5. The van der Waals surface area contributed by atoms with Crippen LogP contribution in [0.1, 0.15) is 16.1 Å². The third-order valence-corrected chi connectivity index (χ3v) is 5.52. The molecular formula is C18H18N2O2S2. The lowest BCUT2D eigenvalue weighted by molar-refractivity contribution is 0.600. The molecule has 24 heavy (non-hydrogen) atoms. The zero-order chi connectivity index (χ0) is 17.2. The predicted octanol–water partition coefficient (Wildman–Crippen LogP) is 4.37. The second kappa shape index (κ2) is 6.75. The van der Waals surface area contributed by atoms with Crippen LogP contribution in [0.15, 0.2) is 53.9 Å². The molecule has 0 fully saturated rings.